The minimum absolute atomic E-state index is 0.233. The summed E-state index contributed by atoms with van der Waals surface area (Å²) in [5.41, 5.74) is 0. The van der Waals surface area contributed by atoms with Crippen molar-refractivity contribution in [1.82, 2.24) is 0 Å². The number of carbonyl (C=O) groups is 2. The zero-order valence-electron chi connectivity index (χ0n) is 12.5. The van der Waals surface area contributed by atoms with Gasteiger partial charge in [0.1, 0.15) is 6.29 Å². The van der Waals surface area contributed by atoms with E-state index in [2.05, 4.69) is 6.92 Å². The van der Waals surface area contributed by atoms with Crippen molar-refractivity contribution < 1.29 is 9.59 Å². The van der Waals surface area contributed by atoms with E-state index in [-0.39, 0.29) is 5.78 Å². The third-order valence-corrected chi connectivity index (χ3v) is 3.27. The Balaban J connectivity index is 3.29. The summed E-state index contributed by atoms with van der Waals surface area (Å²) >= 11 is 0. The molecule has 0 bridgehead atoms. The molecular weight excluding hydrogens is 236 g/mol. The molecule has 0 aromatic rings. The Morgan fingerprint density at radius 3 is 2.21 bits per heavy atom. The highest BCUT2D eigenvalue weighted by Gasteiger charge is 1.96. The Kier molecular flexibility index (Phi) is 14.4. The molecule has 2 heteroatoms. The second-order valence-corrected chi connectivity index (χ2v) is 5.19. The average molecular weight is 266 g/mol. The standard InChI is InChI=1S/C17H30O2/c1-2-3-4-5-6-7-8-11-14-17(19)15-12-9-10-13-16-18/h11,14,16H,2-10,12-13,15H2,1H3. The number of allylic oxidation sites excluding steroid dienone is 2. The van der Waals surface area contributed by atoms with Crippen LogP contribution in [0.5, 0.6) is 0 Å². The van der Waals surface area contributed by atoms with Gasteiger partial charge in [-0.05, 0) is 31.8 Å². The van der Waals surface area contributed by atoms with Gasteiger partial charge in [-0.1, -0.05) is 51.5 Å². The molecular formula is C17H30O2. The van der Waals surface area contributed by atoms with Crippen LogP contribution in [-0.2, 0) is 9.59 Å². The van der Waals surface area contributed by atoms with Crippen LogP contribution in [0.25, 0.3) is 0 Å². The van der Waals surface area contributed by atoms with Crippen LogP contribution in [0.1, 0.15) is 84.0 Å². The number of aldehydes is 1. The normalized spacial score (nSPS) is 11.0. The zero-order chi connectivity index (χ0) is 14.2. The van der Waals surface area contributed by atoms with Gasteiger partial charge in [0.15, 0.2) is 5.78 Å². The number of rotatable bonds is 14. The first-order valence-electron chi connectivity index (χ1n) is 7.94. The van der Waals surface area contributed by atoms with Crippen LogP contribution in [0.2, 0.25) is 0 Å². The molecule has 0 radical (unpaired) electrons. The van der Waals surface area contributed by atoms with Gasteiger partial charge < -0.3 is 4.79 Å². The highest BCUT2D eigenvalue weighted by Crippen LogP contribution is 2.08. The molecule has 0 rings (SSSR count). The minimum Gasteiger partial charge on any atom is -0.303 e. The smallest absolute Gasteiger partial charge is 0.155 e. The fourth-order valence-corrected chi connectivity index (χ4v) is 2.04. The van der Waals surface area contributed by atoms with E-state index in [1.807, 2.05) is 6.08 Å². The lowest BCUT2D eigenvalue weighted by Gasteiger charge is -1.98. The zero-order valence-corrected chi connectivity index (χ0v) is 12.5. The molecule has 0 fully saturated rings. The Labute approximate surface area is 118 Å². The van der Waals surface area contributed by atoms with E-state index in [0.29, 0.717) is 12.8 Å². The van der Waals surface area contributed by atoms with Crippen molar-refractivity contribution in [2.24, 2.45) is 0 Å². The molecule has 0 aliphatic heterocycles. The lowest BCUT2D eigenvalue weighted by atomic mass is 10.1. The van der Waals surface area contributed by atoms with E-state index in [1.165, 1.54) is 38.5 Å². The maximum Gasteiger partial charge on any atom is 0.155 e. The van der Waals surface area contributed by atoms with Gasteiger partial charge in [-0.3, -0.25) is 4.79 Å². The molecule has 0 aromatic carbocycles. The first kappa shape index (κ1) is 18.1. The summed E-state index contributed by atoms with van der Waals surface area (Å²) in [7, 11) is 0. The molecule has 0 saturated carbocycles. The number of hydrogen-bond acceptors (Lipinski definition) is 2. The molecule has 0 aliphatic carbocycles. The van der Waals surface area contributed by atoms with Crippen molar-refractivity contribution in [3.8, 4) is 0 Å². The third kappa shape index (κ3) is 15.0. The Morgan fingerprint density at radius 2 is 1.47 bits per heavy atom. The number of carbonyl (C=O) groups excluding carboxylic acids is 2. The highest BCUT2D eigenvalue weighted by atomic mass is 16.1. The third-order valence-electron chi connectivity index (χ3n) is 3.27. The summed E-state index contributed by atoms with van der Waals surface area (Å²) in [4.78, 5) is 21.6. The topological polar surface area (TPSA) is 34.1 Å². The van der Waals surface area contributed by atoms with Gasteiger partial charge in [0, 0.05) is 12.8 Å². The summed E-state index contributed by atoms with van der Waals surface area (Å²) < 4.78 is 0. The van der Waals surface area contributed by atoms with E-state index in [0.717, 1.165) is 32.0 Å². The summed E-state index contributed by atoms with van der Waals surface area (Å²) in [6.07, 6.45) is 17.6. The van der Waals surface area contributed by atoms with Crippen molar-refractivity contribution in [3.05, 3.63) is 12.2 Å². The van der Waals surface area contributed by atoms with Crippen molar-refractivity contribution in [1.29, 1.82) is 0 Å². The van der Waals surface area contributed by atoms with Gasteiger partial charge in [0.25, 0.3) is 0 Å². The van der Waals surface area contributed by atoms with Gasteiger partial charge >= 0.3 is 0 Å². The second-order valence-electron chi connectivity index (χ2n) is 5.19. The quantitative estimate of drug-likeness (QED) is 0.251. The molecule has 0 saturated heterocycles. The number of hydrogen-bond donors (Lipinski definition) is 0. The molecule has 0 atom stereocenters. The SMILES string of the molecule is CCCCCCCCC=CC(=O)CCCCCC=O. The van der Waals surface area contributed by atoms with Gasteiger partial charge in [-0.25, -0.2) is 0 Å². The first-order valence-corrected chi connectivity index (χ1v) is 7.94. The molecule has 0 aromatic heterocycles. The Hall–Kier alpha value is -0.920. The van der Waals surface area contributed by atoms with Crippen LogP contribution in [0.4, 0.5) is 0 Å². The van der Waals surface area contributed by atoms with Crippen molar-refractivity contribution in [2.45, 2.75) is 84.0 Å². The maximum atomic E-state index is 11.5. The predicted octanol–water partition coefficient (Wildman–Crippen LogP) is 5.01. The van der Waals surface area contributed by atoms with Gasteiger partial charge in [-0.15, -0.1) is 0 Å². The summed E-state index contributed by atoms with van der Waals surface area (Å²) in [5.74, 6) is 0.233. The van der Waals surface area contributed by atoms with Gasteiger partial charge in [0.05, 0.1) is 0 Å². The molecule has 0 heterocycles. The van der Waals surface area contributed by atoms with Crippen LogP contribution in [0, 0.1) is 0 Å². The molecule has 0 amide bonds. The summed E-state index contributed by atoms with van der Waals surface area (Å²) in [5, 5.41) is 0. The van der Waals surface area contributed by atoms with Crippen LogP contribution in [-0.4, -0.2) is 12.1 Å². The summed E-state index contributed by atoms with van der Waals surface area (Å²) in [6.45, 7) is 2.23. The van der Waals surface area contributed by atoms with E-state index in [9.17, 15) is 9.59 Å². The van der Waals surface area contributed by atoms with Crippen LogP contribution < -0.4 is 0 Å². The first-order chi connectivity index (χ1) is 9.31. The number of ketones is 1. The van der Waals surface area contributed by atoms with Gasteiger partial charge in [0.2, 0.25) is 0 Å². The minimum atomic E-state index is 0.233. The van der Waals surface area contributed by atoms with Crippen LogP contribution in [0.15, 0.2) is 12.2 Å². The Bertz CT molecular complexity index is 244. The van der Waals surface area contributed by atoms with Gasteiger partial charge in [-0.2, -0.15) is 0 Å². The molecule has 110 valence electrons. The lowest BCUT2D eigenvalue weighted by Crippen LogP contribution is -1.92. The lowest BCUT2D eigenvalue weighted by molar-refractivity contribution is -0.114. The average Bonchev–Trinajstić information content (AvgIpc) is 2.41. The van der Waals surface area contributed by atoms with Crippen LogP contribution in [0.3, 0.4) is 0 Å². The largest absolute Gasteiger partial charge is 0.303 e. The number of unbranched alkanes of at least 4 members (excludes halogenated alkanes) is 9. The van der Waals surface area contributed by atoms with Crippen molar-refractivity contribution in [3.63, 3.8) is 0 Å². The van der Waals surface area contributed by atoms with Crippen molar-refractivity contribution in [2.75, 3.05) is 0 Å². The fourth-order valence-electron chi connectivity index (χ4n) is 2.04. The maximum absolute atomic E-state index is 11.5. The Morgan fingerprint density at radius 1 is 0.842 bits per heavy atom. The second kappa shape index (κ2) is 15.1. The molecule has 0 spiro atoms. The van der Waals surface area contributed by atoms with E-state index in [4.69, 9.17) is 0 Å². The molecule has 0 aliphatic rings. The van der Waals surface area contributed by atoms with E-state index >= 15 is 0 Å². The molecule has 0 unspecified atom stereocenters. The molecule has 0 N–H and O–H groups in total. The monoisotopic (exact) mass is 266 g/mol. The molecule has 19 heavy (non-hydrogen) atoms. The highest BCUT2D eigenvalue weighted by molar-refractivity contribution is 5.89. The summed E-state index contributed by atoms with van der Waals surface area (Å²) in [6, 6.07) is 0. The fraction of sp³-hybridized carbons (Fsp3) is 0.765. The van der Waals surface area contributed by atoms with Crippen molar-refractivity contribution >= 4 is 12.1 Å². The predicted molar refractivity (Wildman–Crippen MR) is 81.3 cm³/mol. The van der Waals surface area contributed by atoms with Crippen LogP contribution >= 0.6 is 0 Å². The van der Waals surface area contributed by atoms with E-state index in [1.54, 1.807) is 6.08 Å². The molecule has 2 nitrogen and oxygen atoms in total. The van der Waals surface area contributed by atoms with E-state index < -0.39 is 0 Å².